The number of allylic oxidation sites excluding steroid dienone is 1. The van der Waals surface area contributed by atoms with E-state index in [0.29, 0.717) is 0 Å². The standard InChI is InChI=1S/C13H16BrNO5S/c1-6-7(2)21(18,19)11-8(14)10(16)15(11)9(6)12(17)20-13(3,4)5/h8,11H,2H2,1,3-5H3/t8-,11+/m0/s1. The lowest BCUT2D eigenvalue weighted by Crippen LogP contribution is -2.67. The molecule has 0 aromatic heterocycles. The molecule has 0 N–H and O–H groups in total. The van der Waals surface area contributed by atoms with E-state index in [9.17, 15) is 18.0 Å². The van der Waals surface area contributed by atoms with E-state index in [-0.39, 0.29) is 16.2 Å². The lowest BCUT2D eigenvalue weighted by molar-refractivity contribution is -0.156. The Labute approximate surface area is 131 Å². The molecule has 2 rings (SSSR count). The third kappa shape index (κ3) is 2.34. The van der Waals surface area contributed by atoms with Crippen LogP contribution in [0.3, 0.4) is 0 Å². The largest absolute Gasteiger partial charge is 0.455 e. The molecule has 2 heterocycles. The van der Waals surface area contributed by atoms with Crippen molar-refractivity contribution in [2.45, 2.75) is 43.5 Å². The third-order valence-corrected chi connectivity index (χ3v) is 6.60. The first-order valence-electron chi connectivity index (χ1n) is 6.24. The molecule has 0 spiro atoms. The summed E-state index contributed by atoms with van der Waals surface area (Å²) in [6.07, 6.45) is 0. The highest BCUT2D eigenvalue weighted by Crippen LogP contribution is 2.44. The number of carbonyl (C=O) groups is 2. The number of hydrogen-bond acceptors (Lipinski definition) is 5. The molecule has 6 nitrogen and oxygen atoms in total. The molecular formula is C13H16BrNO5S. The number of carbonyl (C=O) groups excluding carboxylic acids is 2. The molecule has 2 aliphatic heterocycles. The number of ether oxygens (including phenoxy) is 1. The van der Waals surface area contributed by atoms with Gasteiger partial charge in [-0.2, -0.15) is 0 Å². The summed E-state index contributed by atoms with van der Waals surface area (Å²) in [6, 6.07) is 0. The Bertz CT molecular complexity index is 686. The Balaban J connectivity index is 2.54. The maximum Gasteiger partial charge on any atom is 0.355 e. The topological polar surface area (TPSA) is 80.8 Å². The van der Waals surface area contributed by atoms with Gasteiger partial charge in [-0.3, -0.25) is 9.69 Å². The minimum Gasteiger partial charge on any atom is -0.455 e. The number of rotatable bonds is 1. The fourth-order valence-corrected chi connectivity index (χ4v) is 5.25. The summed E-state index contributed by atoms with van der Waals surface area (Å²) in [5, 5.41) is -1.14. The minimum absolute atomic E-state index is 0.0459. The number of hydrogen-bond donors (Lipinski definition) is 0. The molecule has 2 atom stereocenters. The van der Waals surface area contributed by atoms with Gasteiger partial charge in [0, 0.05) is 0 Å². The first-order valence-corrected chi connectivity index (χ1v) is 8.70. The predicted molar refractivity (Wildman–Crippen MR) is 80.0 cm³/mol. The van der Waals surface area contributed by atoms with E-state index >= 15 is 0 Å². The van der Waals surface area contributed by atoms with Gasteiger partial charge in [-0.15, -0.1) is 0 Å². The zero-order valence-electron chi connectivity index (χ0n) is 12.1. The monoisotopic (exact) mass is 377 g/mol. The van der Waals surface area contributed by atoms with Crippen molar-refractivity contribution in [1.82, 2.24) is 4.90 Å². The molecule has 0 radical (unpaired) electrons. The summed E-state index contributed by atoms with van der Waals surface area (Å²) in [7, 11) is -3.75. The number of halogens is 1. The van der Waals surface area contributed by atoms with E-state index < -0.39 is 37.5 Å². The van der Waals surface area contributed by atoms with Gasteiger partial charge in [-0.1, -0.05) is 22.5 Å². The van der Waals surface area contributed by atoms with Crippen molar-refractivity contribution in [3.05, 3.63) is 22.8 Å². The molecule has 1 fully saturated rings. The summed E-state index contributed by atoms with van der Waals surface area (Å²) in [5.74, 6) is -1.20. The highest BCUT2D eigenvalue weighted by Gasteiger charge is 2.60. The van der Waals surface area contributed by atoms with Crippen LogP contribution < -0.4 is 0 Å². The van der Waals surface area contributed by atoms with Gasteiger partial charge >= 0.3 is 5.97 Å². The lowest BCUT2D eigenvalue weighted by atomic mass is 10.1. The zero-order valence-corrected chi connectivity index (χ0v) is 14.5. The van der Waals surface area contributed by atoms with Crippen molar-refractivity contribution in [3.8, 4) is 0 Å². The van der Waals surface area contributed by atoms with Gasteiger partial charge in [-0.05, 0) is 33.3 Å². The Kier molecular flexibility index (Phi) is 3.61. The summed E-state index contributed by atoms with van der Waals surface area (Å²) in [6.45, 7) is 10.1. The highest BCUT2D eigenvalue weighted by atomic mass is 79.9. The number of fused-ring (bicyclic) bond motifs is 1. The fraction of sp³-hybridized carbons (Fsp3) is 0.538. The molecule has 116 valence electrons. The first kappa shape index (κ1) is 16.2. The third-order valence-electron chi connectivity index (χ3n) is 3.25. The molecule has 0 aromatic carbocycles. The van der Waals surface area contributed by atoms with E-state index in [1.807, 2.05) is 0 Å². The summed E-state index contributed by atoms with van der Waals surface area (Å²) in [4.78, 5) is 24.2. The summed E-state index contributed by atoms with van der Waals surface area (Å²) in [5.41, 5.74) is -0.650. The Morgan fingerprint density at radius 2 is 1.90 bits per heavy atom. The van der Waals surface area contributed by atoms with Crippen molar-refractivity contribution < 1.29 is 22.7 Å². The van der Waals surface area contributed by atoms with Gasteiger partial charge in [0.15, 0.2) is 5.37 Å². The SMILES string of the molecule is C=C1C(C)=C(C(=O)OC(C)(C)C)N2C(=O)[C@H](Br)[C@H]2S1(=O)=O. The molecule has 0 aliphatic carbocycles. The number of sulfone groups is 1. The van der Waals surface area contributed by atoms with Crippen LogP contribution in [-0.2, 0) is 24.2 Å². The van der Waals surface area contributed by atoms with E-state index in [0.717, 1.165) is 4.90 Å². The van der Waals surface area contributed by atoms with Crippen molar-refractivity contribution in [3.63, 3.8) is 0 Å². The number of esters is 1. The van der Waals surface area contributed by atoms with Crippen LogP contribution in [0.15, 0.2) is 22.8 Å². The van der Waals surface area contributed by atoms with Gasteiger partial charge in [0.2, 0.25) is 15.7 Å². The Morgan fingerprint density at radius 3 is 2.38 bits per heavy atom. The molecule has 0 unspecified atom stereocenters. The molecule has 0 saturated carbocycles. The van der Waals surface area contributed by atoms with Crippen molar-refractivity contribution in [2.75, 3.05) is 0 Å². The predicted octanol–water partition coefficient (Wildman–Crippen LogP) is 1.48. The van der Waals surface area contributed by atoms with E-state index in [1.54, 1.807) is 20.8 Å². The van der Waals surface area contributed by atoms with E-state index in [1.165, 1.54) is 6.92 Å². The molecule has 0 bridgehead atoms. The van der Waals surface area contributed by atoms with Crippen LogP contribution in [0.2, 0.25) is 0 Å². The maximum absolute atomic E-state index is 12.3. The molecule has 1 amide bonds. The second-order valence-electron chi connectivity index (χ2n) is 5.94. The van der Waals surface area contributed by atoms with E-state index in [4.69, 9.17) is 4.74 Å². The van der Waals surface area contributed by atoms with Gasteiger partial charge in [0.25, 0.3) is 0 Å². The van der Waals surface area contributed by atoms with Gasteiger partial charge < -0.3 is 4.74 Å². The number of alkyl halides is 1. The van der Waals surface area contributed by atoms with Crippen LogP contribution in [0.25, 0.3) is 0 Å². The fourth-order valence-electron chi connectivity index (χ4n) is 2.21. The highest BCUT2D eigenvalue weighted by molar-refractivity contribution is 9.10. The van der Waals surface area contributed by atoms with Crippen LogP contribution in [0.5, 0.6) is 0 Å². The number of amides is 1. The average molecular weight is 378 g/mol. The molecule has 0 aromatic rings. The van der Waals surface area contributed by atoms with Crippen molar-refractivity contribution in [2.24, 2.45) is 0 Å². The van der Waals surface area contributed by atoms with Crippen LogP contribution in [-0.4, -0.2) is 41.0 Å². The molecule has 1 saturated heterocycles. The minimum atomic E-state index is -3.75. The van der Waals surface area contributed by atoms with Crippen molar-refractivity contribution in [1.29, 1.82) is 0 Å². The summed E-state index contributed by atoms with van der Waals surface area (Å²) < 4.78 is 29.8. The molecular weight excluding hydrogens is 362 g/mol. The lowest BCUT2D eigenvalue weighted by Gasteiger charge is -2.47. The molecule has 2 aliphatic rings. The van der Waals surface area contributed by atoms with Gasteiger partial charge in [0.05, 0.1) is 4.91 Å². The normalized spacial score (nSPS) is 28.1. The Hall–Kier alpha value is -1.15. The second kappa shape index (κ2) is 4.67. The molecule has 8 heteroatoms. The van der Waals surface area contributed by atoms with E-state index in [2.05, 4.69) is 22.5 Å². The van der Waals surface area contributed by atoms with Gasteiger partial charge in [0.1, 0.15) is 16.1 Å². The van der Waals surface area contributed by atoms with Crippen LogP contribution in [0.1, 0.15) is 27.7 Å². The summed E-state index contributed by atoms with van der Waals surface area (Å²) >= 11 is 3.04. The number of β-lactam (4-membered cyclic amide) rings is 1. The van der Waals surface area contributed by atoms with Gasteiger partial charge in [-0.25, -0.2) is 13.2 Å². The maximum atomic E-state index is 12.3. The van der Waals surface area contributed by atoms with Crippen molar-refractivity contribution >= 4 is 37.6 Å². The number of nitrogens with zero attached hydrogens (tertiary/aromatic N) is 1. The van der Waals surface area contributed by atoms with Crippen LogP contribution in [0.4, 0.5) is 0 Å². The van der Waals surface area contributed by atoms with Crippen LogP contribution in [0, 0.1) is 0 Å². The molecule has 21 heavy (non-hydrogen) atoms. The van der Waals surface area contributed by atoms with Crippen LogP contribution >= 0.6 is 15.9 Å². The second-order valence-corrected chi connectivity index (χ2v) is 9.00. The smallest absolute Gasteiger partial charge is 0.355 e. The Morgan fingerprint density at radius 1 is 1.38 bits per heavy atom. The quantitative estimate of drug-likeness (QED) is 0.392. The first-order chi connectivity index (χ1) is 9.39. The zero-order chi connectivity index (χ0) is 16.3. The average Bonchev–Trinajstić information content (AvgIpc) is 2.32.